The summed E-state index contributed by atoms with van der Waals surface area (Å²) in [5, 5.41) is 12.8. The summed E-state index contributed by atoms with van der Waals surface area (Å²) >= 11 is 1.56. The van der Waals surface area contributed by atoms with E-state index in [1.165, 1.54) is 0 Å². The fourth-order valence-electron chi connectivity index (χ4n) is 0.278. The van der Waals surface area contributed by atoms with Gasteiger partial charge in [-0.3, -0.25) is 0 Å². The van der Waals surface area contributed by atoms with Crippen LogP contribution in [0.25, 0.3) is 0 Å². The van der Waals surface area contributed by atoms with E-state index in [0.717, 1.165) is 5.88 Å². The molecule has 0 aromatic rings. The number of nitrogens with one attached hydrogen (secondary N) is 1. The molecule has 6 heavy (non-hydrogen) atoms. The molecule has 0 aliphatic carbocycles. The highest BCUT2D eigenvalue weighted by Crippen LogP contribution is 2.08. The Labute approximate surface area is 40.2 Å². The molecule has 0 amide bonds. The van der Waals surface area contributed by atoms with E-state index in [1.54, 1.807) is 17.2 Å². The molecular weight excluding hydrogens is 98.1 g/mol. The Kier molecular flexibility index (Phi) is 0.919. The Morgan fingerprint density at radius 2 is 2.83 bits per heavy atom. The van der Waals surface area contributed by atoms with Gasteiger partial charge in [-0.1, -0.05) is 0 Å². The van der Waals surface area contributed by atoms with E-state index in [-0.39, 0.29) is 0 Å². The highest BCUT2D eigenvalue weighted by Gasteiger charge is 1.95. The summed E-state index contributed by atoms with van der Waals surface area (Å²) in [4.78, 5) is 0. The lowest BCUT2D eigenvalue weighted by atomic mass is 10.9. The third-order valence-electron chi connectivity index (χ3n) is 0.532. The average molecular weight is 103 g/mol. The maximum absolute atomic E-state index is 8.46. The molecule has 1 rings (SSSR count). The first-order chi connectivity index (χ1) is 2.89. The van der Waals surface area contributed by atoms with Crippen molar-refractivity contribution in [2.45, 2.75) is 0 Å². The van der Waals surface area contributed by atoms with Crippen molar-refractivity contribution in [3.8, 4) is 0 Å². The highest BCUT2D eigenvalue weighted by molar-refractivity contribution is 8.02. The lowest BCUT2D eigenvalue weighted by molar-refractivity contribution is 0.379. The van der Waals surface area contributed by atoms with Crippen LogP contribution in [-0.2, 0) is 0 Å². The number of aliphatic hydroxyl groups excluding tert-OH is 1. The van der Waals surface area contributed by atoms with Gasteiger partial charge in [0.2, 0.25) is 0 Å². The molecule has 0 saturated carbocycles. The van der Waals surface area contributed by atoms with Crippen LogP contribution in [0.2, 0.25) is 0 Å². The largest absolute Gasteiger partial charge is 0.494 e. The number of hydrogen-bond acceptors (Lipinski definition) is 3. The maximum Gasteiger partial charge on any atom is 0.191 e. The quantitative estimate of drug-likeness (QED) is 0.472. The summed E-state index contributed by atoms with van der Waals surface area (Å²) in [6.07, 6.45) is 0. The third kappa shape index (κ3) is 0.597. The second-order valence-corrected chi connectivity index (χ2v) is 1.85. The minimum atomic E-state index is 0.292. The molecule has 0 bridgehead atoms. The van der Waals surface area contributed by atoms with Crippen molar-refractivity contribution in [3.63, 3.8) is 0 Å². The Morgan fingerprint density at radius 3 is 3.00 bits per heavy atom. The van der Waals surface area contributed by atoms with Gasteiger partial charge in [-0.25, -0.2) is 0 Å². The van der Waals surface area contributed by atoms with Gasteiger partial charge in [0.15, 0.2) is 5.88 Å². The smallest absolute Gasteiger partial charge is 0.191 e. The number of rotatable bonds is 0. The van der Waals surface area contributed by atoms with Gasteiger partial charge in [0, 0.05) is 5.41 Å². The number of hydrogen-bond donors (Lipinski definition) is 2. The standard InChI is InChI=1S/C3H5NOS/c5-3-1-6-2-4-3/h1,4-5H,2H2. The topological polar surface area (TPSA) is 32.3 Å². The van der Waals surface area contributed by atoms with Crippen LogP contribution in [0.5, 0.6) is 0 Å². The van der Waals surface area contributed by atoms with Gasteiger partial charge in [0.05, 0.1) is 5.88 Å². The van der Waals surface area contributed by atoms with Gasteiger partial charge < -0.3 is 10.4 Å². The Balaban J connectivity index is 2.45. The van der Waals surface area contributed by atoms with Crippen LogP contribution in [0.15, 0.2) is 11.3 Å². The first kappa shape index (κ1) is 3.87. The predicted octanol–water partition coefficient (Wildman–Crippen LogP) is 0.637. The molecule has 0 aromatic heterocycles. The molecule has 2 nitrogen and oxygen atoms in total. The highest BCUT2D eigenvalue weighted by atomic mass is 32.2. The van der Waals surface area contributed by atoms with Crippen LogP contribution in [0.4, 0.5) is 0 Å². The molecule has 0 radical (unpaired) electrons. The van der Waals surface area contributed by atoms with Gasteiger partial charge in [0.1, 0.15) is 0 Å². The van der Waals surface area contributed by atoms with Gasteiger partial charge in [-0.2, -0.15) is 0 Å². The SMILES string of the molecule is OC1=CSCN1. The molecular formula is C3H5NOS. The van der Waals surface area contributed by atoms with Crippen molar-refractivity contribution < 1.29 is 5.11 Å². The first-order valence-electron chi connectivity index (χ1n) is 1.64. The maximum atomic E-state index is 8.46. The predicted molar refractivity (Wildman–Crippen MR) is 26.3 cm³/mol. The van der Waals surface area contributed by atoms with E-state index < -0.39 is 0 Å². The van der Waals surface area contributed by atoms with Gasteiger partial charge in [-0.05, 0) is 0 Å². The fraction of sp³-hybridized carbons (Fsp3) is 0.333. The van der Waals surface area contributed by atoms with Gasteiger partial charge >= 0.3 is 0 Å². The van der Waals surface area contributed by atoms with E-state index in [4.69, 9.17) is 5.11 Å². The van der Waals surface area contributed by atoms with Gasteiger partial charge in [-0.15, -0.1) is 11.8 Å². The summed E-state index contributed by atoms with van der Waals surface area (Å²) in [7, 11) is 0. The van der Waals surface area contributed by atoms with Crippen LogP contribution >= 0.6 is 11.8 Å². The molecule has 0 unspecified atom stereocenters. The summed E-state index contributed by atoms with van der Waals surface area (Å²) in [6.45, 7) is 0. The summed E-state index contributed by atoms with van der Waals surface area (Å²) in [5.41, 5.74) is 0. The normalized spacial score (nSPS) is 19.7. The molecule has 34 valence electrons. The van der Waals surface area contributed by atoms with Crippen molar-refractivity contribution in [1.29, 1.82) is 0 Å². The van der Waals surface area contributed by atoms with Crippen molar-refractivity contribution in [3.05, 3.63) is 11.3 Å². The molecule has 1 aliphatic rings. The molecule has 0 atom stereocenters. The third-order valence-corrected chi connectivity index (χ3v) is 1.23. The molecule has 1 aliphatic heterocycles. The Morgan fingerprint density at radius 1 is 2.00 bits per heavy atom. The van der Waals surface area contributed by atoms with E-state index in [0.29, 0.717) is 5.88 Å². The molecule has 3 heteroatoms. The van der Waals surface area contributed by atoms with E-state index in [1.807, 2.05) is 0 Å². The van der Waals surface area contributed by atoms with Crippen molar-refractivity contribution >= 4 is 11.8 Å². The summed E-state index contributed by atoms with van der Waals surface area (Å²) < 4.78 is 0. The average Bonchev–Trinajstić information content (AvgIpc) is 1.86. The van der Waals surface area contributed by atoms with Crippen LogP contribution < -0.4 is 5.32 Å². The van der Waals surface area contributed by atoms with Gasteiger partial charge in [0.25, 0.3) is 0 Å². The molecule has 0 saturated heterocycles. The van der Waals surface area contributed by atoms with E-state index in [2.05, 4.69) is 5.32 Å². The lowest BCUT2D eigenvalue weighted by Crippen LogP contribution is -2.04. The molecule has 0 spiro atoms. The zero-order valence-corrected chi connectivity index (χ0v) is 3.96. The number of aliphatic hydroxyl groups is 1. The molecule has 0 fully saturated rings. The minimum Gasteiger partial charge on any atom is -0.494 e. The van der Waals surface area contributed by atoms with Crippen molar-refractivity contribution in [2.75, 3.05) is 5.88 Å². The van der Waals surface area contributed by atoms with Crippen LogP contribution in [-0.4, -0.2) is 11.0 Å². The first-order valence-corrected chi connectivity index (χ1v) is 2.69. The zero-order chi connectivity index (χ0) is 4.41. The van der Waals surface area contributed by atoms with E-state index >= 15 is 0 Å². The molecule has 1 heterocycles. The Hall–Kier alpha value is -0.310. The molecule has 2 N–H and O–H groups in total. The Bertz CT molecular complexity index is 80.9. The summed E-state index contributed by atoms with van der Waals surface area (Å²) in [6, 6.07) is 0. The zero-order valence-electron chi connectivity index (χ0n) is 3.14. The van der Waals surface area contributed by atoms with Crippen molar-refractivity contribution in [1.82, 2.24) is 5.32 Å². The second kappa shape index (κ2) is 1.43. The van der Waals surface area contributed by atoms with Crippen LogP contribution in [0, 0.1) is 0 Å². The number of thioether (sulfide) groups is 1. The fourth-order valence-corrected chi connectivity index (χ4v) is 0.834. The van der Waals surface area contributed by atoms with Crippen molar-refractivity contribution in [2.24, 2.45) is 0 Å². The second-order valence-electron chi connectivity index (χ2n) is 0.991. The summed E-state index contributed by atoms with van der Waals surface area (Å²) in [5.74, 6) is 1.10. The van der Waals surface area contributed by atoms with Crippen LogP contribution in [0.3, 0.4) is 0 Å². The lowest BCUT2D eigenvalue weighted by Gasteiger charge is -1.86. The minimum absolute atomic E-state index is 0.292. The van der Waals surface area contributed by atoms with E-state index in [9.17, 15) is 0 Å². The molecule has 0 aromatic carbocycles. The van der Waals surface area contributed by atoms with Crippen LogP contribution in [0.1, 0.15) is 0 Å². The monoisotopic (exact) mass is 103 g/mol.